The fraction of sp³-hybridized carbons (Fsp3) is 0.440. The average Bonchev–Trinajstić information content (AvgIpc) is 3.49. The van der Waals surface area contributed by atoms with Gasteiger partial charge in [-0.2, -0.15) is 10.3 Å². The minimum Gasteiger partial charge on any atom is -0.252 e. The number of hydrogen-bond acceptors (Lipinski definition) is 6. The average molecular weight is 445 g/mol. The molecule has 3 aromatic heterocycles. The number of rotatable bonds is 11. The Balaban J connectivity index is 1.53. The van der Waals surface area contributed by atoms with Gasteiger partial charge in [0.1, 0.15) is 11.5 Å². The summed E-state index contributed by atoms with van der Waals surface area (Å²) in [5.41, 5.74) is 3.94. The minimum atomic E-state index is 0.489. The second kappa shape index (κ2) is 10.9. The van der Waals surface area contributed by atoms with Crippen LogP contribution in [0.15, 0.2) is 42.6 Å². The molecule has 0 spiro atoms. The molecule has 3 heterocycles. The first-order valence-electron chi connectivity index (χ1n) is 11.8. The molecular weight excluding hydrogens is 412 g/mol. The maximum Gasteiger partial charge on any atom is 0.223 e. The molecule has 0 aliphatic heterocycles. The van der Waals surface area contributed by atoms with E-state index in [9.17, 15) is 0 Å². The van der Waals surface area contributed by atoms with Gasteiger partial charge in [-0.1, -0.05) is 63.9 Å². The van der Waals surface area contributed by atoms with Crippen LogP contribution in [0.2, 0.25) is 0 Å². The number of nitrogens with zero attached hydrogens (tertiary/aromatic N) is 7. The molecule has 0 atom stereocenters. The second-order valence-corrected chi connectivity index (χ2v) is 8.82. The van der Waals surface area contributed by atoms with Gasteiger partial charge in [-0.05, 0) is 41.2 Å². The zero-order valence-electron chi connectivity index (χ0n) is 19.7. The molecule has 1 N–H and O–H groups in total. The summed E-state index contributed by atoms with van der Waals surface area (Å²) in [4.78, 5) is 9.34. The standard InChI is InChI=1S/C25H32N8/c1-4-5-6-9-23-27-22(15-10-18(2)3)30-33(23)17-19-11-13-20(14-12-19)21-8-7-16-26-24(21)25-28-31-32-29-25/h7-8,11-14,16,18H,4-6,9-10,15,17H2,1-3H3,(H,28,29,31,32). The molecule has 1 aromatic carbocycles. The van der Waals surface area contributed by atoms with Crippen molar-refractivity contribution in [1.82, 2.24) is 40.4 Å². The Kier molecular flexibility index (Phi) is 7.55. The SMILES string of the molecule is CCCCCc1nc(CCC(C)C)nn1Cc1ccc(-c2cccnc2-c2nn[nH]n2)cc1. The van der Waals surface area contributed by atoms with Crippen molar-refractivity contribution in [2.75, 3.05) is 0 Å². The normalized spacial score (nSPS) is 11.4. The third-order valence-corrected chi connectivity index (χ3v) is 5.70. The summed E-state index contributed by atoms with van der Waals surface area (Å²) in [7, 11) is 0. The molecule has 0 bridgehead atoms. The van der Waals surface area contributed by atoms with Crippen molar-refractivity contribution in [3.05, 3.63) is 59.8 Å². The first kappa shape index (κ1) is 22.8. The van der Waals surface area contributed by atoms with E-state index in [2.05, 4.69) is 75.3 Å². The predicted molar refractivity (Wildman–Crippen MR) is 128 cm³/mol. The summed E-state index contributed by atoms with van der Waals surface area (Å²) >= 11 is 0. The van der Waals surface area contributed by atoms with Gasteiger partial charge in [-0.15, -0.1) is 10.2 Å². The van der Waals surface area contributed by atoms with Gasteiger partial charge in [0.25, 0.3) is 0 Å². The topological polar surface area (TPSA) is 98.1 Å². The molecule has 0 saturated carbocycles. The molecular formula is C25H32N8. The van der Waals surface area contributed by atoms with E-state index in [4.69, 9.17) is 10.1 Å². The Labute approximate surface area is 194 Å². The van der Waals surface area contributed by atoms with Crippen LogP contribution < -0.4 is 0 Å². The predicted octanol–water partition coefficient (Wildman–Crippen LogP) is 4.89. The fourth-order valence-corrected chi connectivity index (χ4v) is 3.84. The van der Waals surface area contributed by atoms with E-state index in [1.54, 1.807) is 6.20 Å². The van der Waals surface area contributed by atoms with Crippen molar-refractivity contribution < 1.29 is 0 Å². The Bertz CT molecular complexity index is 1130. The summed E-state index contributed by atoms with van der Waals surface area (Å²) in [6.07, 6.45) is 8.34. The fourth-order valence-electron chi connectivity index (χ4n) is 3.84. The lowest BCUT2D eigenvalue weighted by molar-refractivity contribution is 0.567. The zero-order chi connectivity index (χ0) is 23.0. The van der Waals surface area contributed by atoms with Gasteiger partial charge in [-0.3, -0.25) is 4.98 Å². The van der Waals surface area contributed by atoms with Crippen molar-refractivity contribution in [2.45, 2.75) is 65.8 Å². The molecule has 8 nitrogen and oxygen atoms in total. The third-order valence-electron chi connectivity index (χ3n) is 5.70. The molecule has 0 aliphatic carbocycles. The Morgan fingerprint density at radius 2 is 1.88 bits per heavy atom. The van der Waals surface area contributed by atoms with Crippen LogP contribution in [-0.4, -0.2) is 40.4 Å². The van der Waals surface area contributed by atoms with Crippen LogP contribution in [-0.2, 0) is 19.4 Å². The van der Waals surface area contributed by atoms with E-state index in [-0.39, 0.29) is 0 Å². The van der Waals surface area contributed by atoms with E-state index in [0.717, 1.165) is 55.0 Å². The number of aromatic amines is 1. The lowest BCUT2D eigenvalue weighted by Crippen LogP contribution is -2.07. The second-order valence-electron chi connectivity index (χ2n) is 8.82. The quantitative estimate of drug-likeness (QED) is 0.331. The number of H-pyrrole nitrogens is 1. The van der Waals surface area contributed by atoms with Crippen molar-refractivity contribution in [1.29, 1.82) is 0 Å². The lowest BCUT2D eigenvalue weighted by atomic mass is 10.0. The van der Waals surface area contributed by atoms with Gasteiger partial charge >= 0.3 is 0 Å². The van der Waals surface area contributed by atoms with E-state index >= 15 is 0 Å². The maximum absolute atomic E-state index is 4.88. The highest BCUT2D eigenvalue weighted by atomic mass is 15.5. The molecule has 0 aliphatic rings. The Hall–Kier alpha value is -3.42. The molecule has 8 heteroatoms. The van der Waals surface area contributed by atoms with Gasteiger partial charge in [0, 0.05) is 24.6 Å². The van der Waals surface area contributed by atoms with Crippen LogP contribution in [0.1, 0.15) is 63.7 Å². The van der Waals surface area contributed by atoms with Crippen LogP contribution in [0.3, 0.4) is 0 Å². The zero-order valence-corrected chi connectivity index (χ0v) is 19.7. The molecule has 0 fully saturated rings. The van der Waals surface area contributed by atoms with Crippen molar-refractivity contribution in [3.63, 3.8) is 0 Å². The lowest BCUT2D eigenvalue weighted by Gasteiger charge is -2.09. The summed E-state index contributed by atoms with van der Waals surface area (Å²) < 4.78 is 2.09. The number of hydrogen-bond donors (Lipinski definition) is 1. The molecule has 172 valence electrons. The first-order valence-corrected chi connectivity index (χ1v) is 11.8. The summed E-state index contributed by atoms with van der Waals surface area (Å²) in [6.45, 7) is 7.44. The molecule has 4 aromatic rings. The van der Waals surface area contributed by atoms with Gasteiger partial charge in [0.15, 0.2) is 5.82 Å². The monoisotopic (exact) mass is 444 g/mol. The highest BCUT2D eigenvalue weighted by Crippen LogP contribution is 2.28. The summed E-state index contributed by atoms with van der Waals surface area (Å²) in [5.74, 6) is 3.20. The number of benzene rings is 1. The molecule has 0 amide bonds. The number of nitrogens with one attached hydrogen (secondary N) is 1. The van der Waals surface area contributed by atoms with Crippen LogP contribution in [0.4, 0.5) is 0 Å². The molecule has 4 rings (SSSR count). The molecule has 0 unspecified atom stereocenters. The van der Waals surface area contributed by atoms with E-state index in [0.29, 0.717) is 17.4 Å². The number of pyridine rings is 1. The van der Waals surface area contributed by atoms with Gasteiger partial charge in [0.2, 0.25) is 5.82 Å². The van der Waals surface area contributed by atoms with E-state index in [1.165, 1.54) is 18.4 Å². The van der Waals surface area contributed by atoms with Crippen molar-refractivity contribution >= 4 is 0 Å². The number of tetrazole rings is 1. The summed E-state index contributed by atoms with van der Waals surface area (Å²) in [5, 5.41) is 19.2. The largest absolute Gasteiger partial charge is 0.252 e. The van der Waals surface area contributed by atoms with Crippen LogP contribution in [0.25, 0.3) is 22.6 Å². The van der Waals surface area contributed by atoms with Gasteiger partial charge < -0.3 is 0 Å². The van der Waals surface area contributed by atoms with Crippen LogP contribution in [0.5, 0.6) is 0 Å². The third kappa shape index (κ3) is 5.88. The van der Waals surface area contributed by atoms with Gasteiger partial charge in [0.05, 0.1) is 6.54 Å². The van der Waals surface area contributed by atoms with Gasteiger partial charge in [-0.25, -0.2) is 9.67 Å². The van der Waals surface area contributed by atoms with Crippen LogP contribution >= 0.6 is 0 Å². The van der Waals surface area contributed by atoms with E-state index < -0.39 is 0 Å². The van der Waals surface area contributed by atoms with E-state index in [1.807, 2.05) is 12.1 Å². The van der Waals surface area contributed by atoms with Crippen molar-refractivity contribution in [2.24, 2.45) is 5.92 Å². The smallest absolute Gasteiger partial charge is 0.223 e. The summed E-state index contributed by atoms with van der Waals surface area (Å²) in [6, 6.07) is 12.5. The Morgan fingerprint density at radius 3 is 2.61 bits per heavy atom. The minimum absolute atomic E-state index is 0.489. The number of unbranched alkanes of at least 4 members (excludes halogenated alkanes) is 2. The van der Waals surface area contributed by atoms with Crippen molar-refractivity contribution in [3.8, 4) is 22.6 Å². The highest BCUT2D eigenvalue weighted by Gasteiger charge is 2.14. The maximum atomic E-state index is 4.88. The molecule has 33 heavy (non-hydrogen) atoms. The number of aryl methyl sites for hydroxylation is 2. The molecule has 0 radical (unpaired) electrons. The first-order chi connectivity index (χ1) is 16.1. The Morgan fingerprint density at radius 1 is 1.03 bits per heavy atom. The number of aromatic nitrogens is 8. The van der Waals surface area contributed by atoms with Crippen LogP contribution in [0, 0.1) is 5.92 Å². The molecule has 0 saturated heterocycles. The highest BCUT2D eigenvalue weighted by molar-refractivity contribution is 5.77.